The van der Waals surface area contributed by atoms with Gasteiger partial charge in [-0.05, 0) is 57.5 Å². The second kappa shape index (κ2) is 6.60. The summed E-state index contributed by atoms with van der Waals surface area (Å²) in [5, 5.41) is 7.19. The van der Waals surface area contributed by atoms with Crippen molar-refractivity contribution >= 4 is 22.7 Å². The van der Waals surface area contributed by atoms with Crippen LogP contribution in [0.4, 0.5) is 10.1 Å². The highest BCUT2D eigenvalue weighted by atomic mass is 19.1. The van der Waals surface area contributed by atoms with Crippen LogP contribution in [-0.2, 0) is 0 Å². The van der Waals surface area contributed by atoms with Gasteiger partial charge in [0, 0.05) is 11.3 Å². The summed E-state index contributed by atoms with van der Waals surface area (Å²) in [6, 6.07) is 8.07. The zero-order valence-corrected chi connectivity index (χ0v) is 15.9. The van der Waals surface area contributed by atoms with Gasteiger partial charge in [0.1, 0.15) is 17.3 Å². The molecule has 0 aliphatic rings. The number of furan rings is 1. The molecule has 0 atom stereocenters. The van der Waals surface area contributed by atoms with Gasteiger partial charge in [-0.3, -0.25) is 4.79 Å². The number of nitrogens with one attached hydrogen (secondary N) is 1. The first-order chi connectivity index (χ1) is 13.3. The minimum Gasteiger partial charge on any atom is -0.466 e. The van der Waals surface area contributed by atoms with Crippen LogP contribution >= 0.6 is 0 Å². The summed E-state index contributed by atoms with van der Waals surface area (Å²) in [6.45, 7) is 7.07. The number of amides is 1. The third kappa shape index (κ3) is 3.05. The third-order valence-electron chi connectivity index (χ3n) is 4.61. The van der Waals surface area contributed by atoms with Crippen LogP contribution in [0.1, 0.15) is 33.1 Å². The molecule has 1 aromatic carbocycles. The number of rotatable bonds is 3. The summed E-state index contributed by atoms with van der Waals surface area (Å²) in [4.78, 5) is 17.5. The Morgan fingerprint density at radius 3 is 2.57 bits per heavy atom. The first-order valence-electron chi connectivity index (χ1n) is 8.75. The Morgan fingerprint density at radius 1 is 1.11 bits per heavy atom. The molecule has 1 N–H and O–H groups in total. The summed E-state index contributed by atoms with van der Waals surface area (Å²) >= 11 is 0. The van der Waals surface area contributed by atoms with Crippen LogP contribution in [0.15, 0.2) is 39.3 Å². The molecular weight excluding hydrogens is 361 g/mol. The molecular formula is C21H18FN3O3. The van der Waals surface area contributed by atoms with E-state index in [4.69, 9.17) is 8.94 Å². The van der Waals surface area contributed by atoms with Gasteiger partial charge >= 0.3 is 0 Å². The summed E-state index contributed by atoms with van der Waals surface area (Å²) < 4.78 is 24.7. The van der Waals surface area contributed by atoms with Crippen molar-refractivity contribution in [2.24, 2.45) is 0 Å². The van der Waals surface area contributed by atoms with Gasteiger partial charge in [-0.2, -0.15) is 0 Å². The van der Waals surface area contributed by atoms with Crippen molar-refractivity contribution < 1.29 is 18.1 Å². The molecule has 0 saturated heterocycles. The number of halogens is 1. The number of aromatic nitrogens is 2. The van der Waals surface area contributed by atoms with Crippen LogP contribution in [0.2, 0.25) is 0 Å². The number of hydrogen-bond donors (Lipinski definition) is 1. The average molecular weight is 379 g/mol. The standard InChI is InChI=1S/C21H18FN3O3/c1-10-5-6-14(8-17(10)22)23-20(26)16-9-18(15-7-11(2)27-13(15)4)24-21-19(16)12(3)25-28-21/h5-9H,1-4H3,(H,23,26). The van der Waals surface area contributed by atoms with Crippen LogP contribution in [-0.4, -0.2) is 16.0 Å². The molecule has 0 aliphatic carbocycles. The highest BCUT2D eigenvalue weighted by Crippen LogP contribution is 2.31. The molecule has 1 amide bonds. The van der Waals surface area contributed by atoms with Crippen LogP contribution in [0, 0.1) is 33.5 Å². The second-order valence-electron chi connectivity index (χ2n) is 6.75. The Morgan fingerprint density at radius 2 is 1.89 bits per heavy atom. The molecule has 7 heteroatoms. The largest absolute Gasteiger partial charge is 0.466 e. The number of hydrogen-bond acceptors (Lipinski definition) is 5. The Hall–Kier alpha value is -3.48. The van der Waals surface area contributed by atoms with Crippen molar-refractivity contribution in [3.8, 4) is 11.3 Å². The second-order valence-corrected chi connectivity index (χ2v) is 6.75. The molecule has 3 aromatic heterocycles. The molecule has 28 heavy (non-hydrogen) atoms. The number of fused-ring (bicyclic) bond motifs is 1. The quantitative estimate of drug-likeness (QED) is 0.535. The van der Waals surface area contributed by atoms with Gasteiger partial charge in [0.15, 0.2) is 0 Å². The molecule has 0 radical (unpaired) electrons. The highest BCUT2D eigenvalue weighted by molar-refractivity contribution is 6.13. The number of benzene rings is 1. The Balaban J connectivity index is 1.82. The maximum Gasteiger partial charge on any atom is 0.259 e. The molecule has 6 nitrogen and oxygen atoms in total. The molecule has 142 valence electrons. The van der Waals surface area contributed by atoms with E-state index < -0.39 is 5.91 Å². The van der Waals surface area contributed by atoms with E-state index >= 15 is 0 Å². The lowest BCUT2D eigenvalue weighted by molar-refractivity contribution is 0.102. The zero-order chi connectivity index (χ0) is 20.0. The number of anilines is 1. The van der Waals surface area contributed by atoms with E-state index in [0.29, 0.717) is 39.3 Å². The number of carbonyl (C=O) groups is 1. The molecule has 4 aromatic rings. The van der Waals surface area contributed by atoms with E-state index in [9.17, 15) is 9.18 Å². The summed E-state index contributed by atoms with van der Waals surface area (Å²) in [5.74, 6) is 0.641. The number of aryl methyl sites for hydroxylation is 4. The van der Waals surface area contributed by atoms with E-state index in [1.165, 1.54) is 6.07 Å². The van der Waals surface area contributed by atoms with Gasteiger partial charge in [-0.15, -0.1) is 0 Å². The number of nitrogens with zero attached hydrogens (tertiary/aromatic N) is 2. The van der Waals surface area contributed by atoms with Crippen molar-refractivity contribution in [3.05, 3.63) is 64.5 Å². The Bertz CT molecular complexity index is 1220. The van der Waals surface area contributed by atoms with E-state index in [0.717, 1.165) is 11.3 Å². The topological polar surface area (TPSA) is 81.2 Å². The van der Waals surface area contributed by atoms with Crippen molar-refractivity contribution in [3.63, 3.8) is 0 Å². The van der Waals surface area contributed by atoms with Gasteiger partial charge in [0.2, 0.25) is 0 Å². The zero-order valence-electron chi connectivity index (χ0n) is 15.9. The van der Waals surface area contributed by atoms with E-state index in [2.05, 4.69) is 15.5 Å². The van der Waals surface area contributed by atoms with Crippen LogP contribution < -0.4 is 5.32 Å². The molecule has 0 spiro atoms. The number of pyridine rings is 1. The van der Waals surface area contributed by atoms with Gasteiger partial charge in [-0.25, -0.2) is 9.37 Å². The predicted molar refractivity (Wildman–Crippen MR) is 103 cm³/mol. The molecule has 0 unspecified atom stereocenters. The molecule has 0 bridgehead atoms. The Labute approximate surface area is 160 Å². The average Bonchev–Trinajstić information content (AvgIpc) is 3.19. The predicted octanol–water partition coefficient (Wildman–Crippen LogP) is 5.11. The fourth-order valence-electron chi connectivity index (χ4n) is 3.17. The Kier molecular flexibility index (Phi) is 4.22. The fourth-order valence-corrected chi connectivity index (χ4v) is 3.17. The van der Waals surface area contributed by atoms with Crippen LogP contribution in [0.25, 0.3) is 22.4 Å². The van der Waals surface area contributed by atoms with Crippen molar-refractivity contribution in [1.29, 1.82) is 0 Å². The SMILES string of the molecule is Cc1cc(-c2cc(C(=O)Nc3ccc(C)c(F)c3)c3c(C)noc3n2)c(C)o1. The lowest BCUT2D eigenvalue weighted by Crippen LogP contribution is -2.13. The normalized spacial score (nSPS) is 11.2. The molecule has 0 fully saturated rings. The molecule has 0 saturated carbocycles. The van der Waals surface area contributed by atoms with Crippen molar-refractivity contribution in [2.75, 3.05) is 5.32 Å². The van der Waals surface area contributed by atoms with E-state index in [1.807, 2.05) is 19.9 Å². The minimum absolute atomic E-state index is 0.258. The smallest absolute Gasteiger partial charge is 0.259 e. The highest BCUT2D eigenvalue weighted by Gasteiger charge is 2.21. The van der Waals surface area contributed by atoms with Crippen LogP contribution in [0.5, 0.6) is 0 Å². The van der Waals surface area contributed by atoms with Gasteiger partial charge in [0.05, 0.1) is 22.3 Å². The first kappa shape index (κ1) is 17.9. The lowest BCUT2D eigenvalue weighted by atomic mass is 10.1. The maximum atomic E-state index is 13.8. The third-order valence-corrected chi connectivity index (χ3v) is 4.61. The maximum absolute atomic E-state index is 13.8. The molecule has 0 aliphatic heterocycles. The van der Waals surface area contributed by atoms with E-state index in [-0.39, 0.29) is 11.5 Å². The van der Waals surface area contributed by atoms with Gasteiger partial charge in [0.25, 0.3) is 11.6 Å². The molecule has 4 rings (SSSR count). The fraction of sp³-hybridized carbons (Fsp3) is 0.190. The molecule has 3 heterocycles. The van der Waals surface area contributed by atoms with Crippen molar-refractivity contribution in [2.45, 2.75) is 27.7 Å². The van der Waals surface area contributed by atoms with Gasteiger partial charge < -0.3 is 14.3 Å². The summed E-state index contributed by atoms with van der Waals surface area (Å²) in [7, 11) is 0. The monoisotopic (exact) mass is 379 g/mol. The van der Waals surface area contributed by atoms with Crippen molar-refractivity contribution in [1.82, 2.24) is 10.1 Å². The summed E-state index contributed by atoms with van der Waals surface area (Å²) in [6.07, 6.45) is 0. The summed E-state index contributed by atoms with van der Waals surface area (Å²) in [5.41, 5.74) is 3.33. The van der Waals surface area contributed by atoms with Crippen LogP contribution in [0.3, 0.4) is 0 Å². The lowest BCUT2D eigenvalue weighted by Gasteiger charge is -2.09. The van der Waals surface area contributed by atoms with Gasteiger partial charge in [-0.1, -0.05) is 11.2 Å². The van der Waals surface area contributed by atoms with E-state index in [1.54, 1.807) is 32.0 Å². The first-order valence-corrected chi connectivity index (χ1v) is 8.75. The number of carbonyl (C=O) groups excluding carboxylic acids is 1. The minimum atomic E-state index is -0.402.